The molecule has 0 fully saturated rings. The third-order valence-corrected chi connectivity index (χ3v) is 3.22. The predicted molar refractivity (Wildman–Crippen MR) is 73.2 cm³/mol. The average Bonchev–Trinajstić information content (AvgIpc) is 2.33. The second kappa shape index (κ2) is 5.49. The number of aryl methyl sites for hydroxylation is 2. The van der Waals surface area contributed by atoms with E-state index in [0.29, 0.717) is 5.56 Å². The van der Waals surface area contributed by atoms with E-state index >= 15 is 0 Å². The maximum absolute atomic E-state index is 13.6. The van der Waals surface area contributed by atoms with Gasteiger partial charge < -0.3 is 5.32 Å². The van der Waals surface area contributed by atoms with Gasteiger partial charge in [0.05, 0.1) is 6.04 Å². The van der Waals surface area contributed by atoms with Crippen LogP contribution in [-0.4, -0.2) is 7.05 Å². The molecule has 0 heterocycles. The molecule has 2 aromatic carbocycles. The van der Waals surface area contributed by atoms with E-state index in [1.807, 2.05) is 19.1 Å². The standard InChI is InChI=1S/C16H17F2N/c1-10-6-13(8-14(17)7-10)16(19-3)12-5-4-11(2)15(18)9-12/h4-9,16,19H,1-3H3. The zero-order valence-corrected chi connectivity index (χ0v) is 11.3. The van der Waals surface area contributed by atoms with Crippen molar-refractivity contribution in [3.63, 3.8) is 0 Å². The Morgan fingerprint density at radius 2 is 1.68 bits per heavy atom. The Balaban J connectivity index is 2.46. The van der Waals surface area contributed by atoms with Gasteiger partial charge in [0.2, 0.25) is 0 Å². The summed E-state index contributed by atoms with van der Waals surface area (Å²) >= 11 is 0. The molecule has 0 radical (unpaired) electrons. The molecule has 0 saturated carbocycles. The van der Waals surface area contributed by atoms with Crippen LogP contribution >= 0.6 is 0 Å². The maximum Gasteiger partial charge on any atom is 0.126 e. The molecule has 1 unspecified atom stereocenters. The first-order valence-corrected chi connectivity index (χ1v) is 6.21. The van der Waals surface area contributed by atoms with Crippen LogP contribution in [0.2, 0.25) is 0 Å². The Morgan fingerprint density at radius 3 is 2.26 bits per heavy atom. The van der Waals surface area contributed by atoms with Crippen LogP contribution in [0.15, 0.2) is 36.4 Å². The van der Waals surface area contributed by atoms with Crippen molar-refractivity contribution in [2.75, 3.05) is 7.05 Å². The lowest BCUT2D eigenvalue weighted by molar-refractivity contribution is 0.602. The average molecular weight is 261 g/mol. The third kappa shape index (κ3) is 2.99. The summed E-state index contributed by atoms with van der Waals surface area (Å²) in [6.45, 7) is 3.56. The Hall–Kier alpha value is -1.74. The van der Waals surface area contributed by atoms with Gasteiger partial charge in [-0.1, -0.05) is 18.2 Å². The van der Waals surface area contributed by atoms with Gasteiger partial charge in [-0.25, -0.2) is 8.78 Å². The van der Waals surface area contributed by atoms with E-state index in [-0.39, 0.29) is 17.7 Å². The molecule has 0 bridgehead atoms. The third-order valence-electron chi connectivity index (χ3n) is 3.22. The predicted octanol–water partition coefficient (Wildman–Crippen LogP) is 3.89. The van der Waals surface area contributed by atoms with Crippen molar-refractivity contribution < 1.29 is 8.78 Å². The van der Waals surface area contributed by atoms with E-state index in [2.05, 4.69) is 5.32 Å². The first-order valence-electron chi connectivity index (χ1n) is 6.21. The highest BCUT2D eigenvalue weighted by Gasteiger charge is 2.14. The van der Waals surface area contributed by atoms with Gasteiger partial charge in [-0.3, -0.25) is 0 Å². The molecule has 0 aliphatic rings. The molecule has 0 aromatic heterocycles. The largest absolute Gasteiger partial charge is 0.309 e. The number of hydrogen-bond acceptors (Lipinski definition) is 1. The molecule has 1 atom stereocenters. The lowest BCUT2D eigenvalue weighted by atomic mass is 9.96. The zero-order chi connectivity index (χ0) is 14.0. The minimum Gasteiger partial charge on any atom is -0.309 e. The molecule has 1 nitrogen and oxygen atoms in total. The first-order chi connectivity index (χ1) is 9.01. The minimum atomic E-state index is -0.275. The van der Waals surface area contributed by atoms with Crippen molar-refractivity contribution >= 4 is 0 Å². The molecule has 0 aliphatic carbocycles. The SMILES string of the molecule is CNC(c1cc(C)cc(F)c1)c1ccc(C)c(F)c1. The monoisotopic (exact) mass is 261 g/mol. The second-order valence-electron chi connectivity index (χ2n) is 4.79. The molecule has 1 N–H and O–H groups in total. The molecule has 2 aromatic rings. The Kier molecular flexibility index (Phi) is 3.96. The van der Waals surface area contributed by atoms with Gasteiger partial charge in [-0.05, 0) is 61.3 Å². The number of benzene rings is 2. The number of hydrogen-bond donors (Lipinski definition) is 1. The molecule has 3 heteroatoms. The smallest absolute Gasteiger partial charge is 0.126 e. The zero-order valence-electron chi connectivity index (χ0n) is 11.3. The van der Waals surface area contributed by atoms with Gasteiger partial charge in [0, 0.05) is 0 Å². The number of rotatable bonds is 3. The summed E-state index contributed by atoms with van der Waals surface area (Å²) in [6, 6.07) is 9.74. The molecular weight excluding hydrogens is 244 g/mol. The van der Waals surface area contributed by atoms with Crippen molar-refractivity contribution in [2.45, 2.75) is 19.9 Å². The van der Waals surface area contributed by atoms with Crippen molar-refractivity contribution in [1.82, 2.24) is 5.32 Å². The summed E-state index contributed by atoms with van der Waals surface area (Å²) in [4.78, 5) is 0. The van der Waals surface area contributed by atoms with Crippen LogP contribution in [-0.2, 0) is 0 Å². The van der Waals surface area contributed by atoms with Crippen LogP contribution in [0.4, 0.5) is 8.78 Å². The van der Waals surface area contributed by atoms with Gasteiger partial charge in [0.1, 0.15) is 11.6 Å². The van der Waals surface area contributed by atoms with Gasteiger partial charge in [0.15, 0.2) is 0 Å². The highest BCUT2D eigenvalue weighted by atomic mass is 19.1. The van der Waals surface area contributed by atoms with Crippen LogP contribution in [0, 0.1) is 25.5 Å². The highest BCUT2D eigenvalue weighted by Crippen LogP contribution is 2.25. The summed E-state index contributed by atoms with van der Waals surface area (Å²) < 4.78 is 27.1. The Morgan fingerprint density at radius 1 is 0.947 bits per heavy atom. The van der Waals surface area contributed by atoms with E-state index in [1.165, 1.54) is 18.2 Å². The minimum absolute atomic E-state index is 0.218. The van der Waals surface area contributed by atoms with Crippen molar-refractivity contribution in [3.05, 3.63) is 70.3 Å². The van der Waals surface area contributed by atoms with Crippen LogP contribution < -0.4 is 5.32 Å². The Labute approximate surface area is 112 Å². The van der Waals surface area contributed by atoms with E-state index in [1.54, 1.807) is 20.0 Å². The molecule has 0 aliphatic heterocycles. The topological polar surface area (TPSA) is 12.0 Å². The summed E-state index contributed by atoms with van der Waals surface area (Å²) in [5.74, 6) is -0.520. The normalized spacial score (nSPS) is 12.5. The van der Waals surface area contributed by atoms with Crippen molar-refractivity contribution in [2.24, 2.45) is 0 Å². The van der Waals surface area contributed by atoms with E-state index in [0.717, 1.165) is 16.7 Å². The van der Waals surface area contributed by atoms with Gasteiger partial charge in [-0.2, -0.15) is 0 Å². The molecule has 0 saturated heterocycles. The lowest BCUT2D eigenvalue weighted by Crippen LogP contribution is -2.18. The summed E-state index contributed by atoms with van der Waals surface area (Å²) in [6.07, 6.45) is 0. The summed E-state index contributed by atoms with van der Waals surface area (Å²) in [5, 5.41) is 3.10. The van der Waals surface area contributed by atoms with Gasteiger partial charge in [0.25, 0.3) is 0 Å². The van der Waals surface area contributed by atoms with Crippen LogP contribution in [0.1, 0.15) is 28.3 Å². The molecule has 2 rings (SSSR count). The fraction of sp³-hybridized carbons (Fsp3) is 0.250. The summed E-state index contributed by atoms with van der Waals surface area (Å²) in [7, 11) is 1.78. The quantitative estimate of drug-likeness (QED) is 0.883. The molecule has 100 valence electrons. The maximum atomic E-state index is 13.6. The fourth-order valence-corrected chi connectivity index (χ4v) is 2.25. The molecule has 0 spiro atoms. The molecule has 19 heavy (non-hydrogen) atoms. The van der Waals surface area contributed by atoms with E-state index in [9.17, 15) is 8.78 Å². The summed E-state index contributed by atoms with van der Waals surface area (Å²) in [5.41, 5.74) is 3.04. The van der Waals surface area contributed by atoms with Gasteiger partial charge in [-0.15, -0.1) is 0 Å². The van der Waals surface area contributed by atoms with E-state index in [4.69, 9.17) is 0 Å². The van der Waals surface area contributed by atoms with Crippen molar-refractivity contribution in [3.8, 4) is 0 Å². The lowest BCUT2D eigenvalue weighted by Gasteiger charge is -2.18. The van der Waals surface area contributed by atoms with Crippen LogP contribution in [0.5, 0.6) is 0 Å². The van der Waals surface area contributed by atoms with E-state index < -0.39 is 0 Å². The Bertz CT molecular complexity index is 573. The second-order valence-corrected chi connectivity index (χ2v) is 4.79. The molecular formula is C16H17F2N. The van der Waals surface area contributed by atoms with Gasteiger partial charge >= 0.3 is 0 Å². The van der Waals surface area contributed by atoms with Crippen molar-refractivity contribution in [1.29, 1.82) is 0 Å². The van der Waals surface area contributed by atoms with Crippen LogP contribution in [0.25, 0.3) is 0 Å². The number of halogens is 2. The first kappa shape index (κ1) is 13.7. The number of nitrogens with one attached hydrogen (secondary N) is 1. The highest BCUT2D eigenvalue weighted by molar-refractivity contribution is 5.36. The molecule has 0 amide bonds. The fourth-order valence-electron chi connectivity index (χ4n) is 2.25. The van der Waals surface area contributed by atoms with Crippen LogP contribution in [0.3, 0.4) is 0 Å².